The third-order valence-corrected chi connectivity index (χ3v) is 1.55. The van der Waals surface area contributed by atoms with Crippen LogP contribution in [0.3, 0.4) is 0 Å². The molecule has 0 spiro atoms. The Bertz CT molecular complexity index is 92.2. The van der Waals surface area contributed by atoms with Crippen LogP contribution in [0.5, 0.6) is 0 Å². The maximum Gasteiger partial charge on any atom is 0.315 e. The number of esters is 1. The molecule has 4 heteroatoms. The number of hydrogen-bond donors (Lipinski definition) is 1. The minimum Gasteiger partial charge on any atom is -0.468 e. The van der Waals surface area contributed by atoms with Gasteiger partial charge < -0.3 is 9.84 Å². The lowest BCUT2D eigenvalue weighted by atomic mass is 10.8. The van der Waals surface area contributed by atoms with E-state index in [1.807, 2.05) is 0 Å². The molecular weight excluding hydrogens is 140 g/mol. The number of thioether (sulfide) groups is 1. The molecule has 0 radical (unpaired) electrons. The number of carbonyl (C=O) groups is 1. The summed E-state index contributed by atoms with van der Waals surface area (Å²) in [6.07, 6.45) is 0. The van der Waals surface area contributed by atoms with Crippen LogP contribution in [0, 0.1) is 0 Å². The van der Waals surface area contributed by atoms with Crippen molar-refractivity contribution >= 4 is 17.7 Å². The molecule has 0 fully saturated rings. The Morgan fingerprint density at radius 3 is 2.78 bits per heavy atom. The molecule has 3 nitrogen and oxygen atoms in total. The average molecular weight is 150 g/mol. The Balaban J connectivity index is 3.17. The van der Waals surface area contributed by atoms with Crippen molar-refractivity contribution in [3.05, 3.63) is 0 Å². The zero-order valence-electron chi connectivity index (χ0n) is 5.46. The van der Waals surface area contributed by atoms with Gasteiger partial charge >= 0.3 is 5.97 Å². The topological polar surface area (TPSA) is 46.5 Å². The maximum atomic E-state index is 10.4. The van der Waals surface area contributed by atoms with Gasteiger partial charge in [0.2, 0.25) is 0 Å². The zero-order chi connectivity index (χ0) is 7.28. The molecule has 0 amide bonds. The normalized spacial score (nSPS) is 12.8. The number of carbonyl (C=O) groups excluding carboxylic acids is 1. The van der Waals surface area contributed by atoms with Crippen molar-refractivity contribution in [1.29, 1.82) is 0 Å². The molecule has 0 aliphatic rings. The Morgan fingerprint density at radius 1 is 1.89 bits per heavy atom. The standard InChI is InChI=1S/C5H10O3S/c1-4(6)9-3-5(7)8-2/h4,6H,3H2,1-2H3. The maximum absolute atomic E-state index is 10.4. The van der Waals surface area contributed by atoms with Gasteiger partial charge in [-0.05, 0) is 6.92 Å². The van der Waals surface area contributed by atoms with E-state index in [0.29, 0.717) is 0 Å². The second-order valence-corrected chi connectivity index (χ2v) is 2.79. The van der Waals surface area contributed by atoms with Crippen LogP contribution in [0.4, 0.5) is 0 Å². The van der Waals surface area contributed by atoms with Crippen molar-refractivity contribution in [1.82, 2.24) is 0 Å². The number of rotatable bonds is 3. The third kappa shape index (κ3) is 5.65. The summed E-state index contributed by atoms with van der Waals surface area (Å²) in [6, 6.07) is 0. The molecule has 0 aromatic rings. The third-order valence-electron chi connectivity index (χ3n) is 0.670. The van der Waals surface area contributed by atoms with E-state index in [1.54, 1.807) is 6.92 Å². The molecule has 0 heterocycles. The fourth-order valence-electron chi connectivity index (χ4n) is 0.248. The highest BCUT2D eigenvalue weighted by molar-refractivity contribution is 8.00. The lowest BCUT2D eigenvalue weighted by Crippen LogP contribution is -2.06. The van der Waals surface area contributed by atoms with Crippen LogP contribution in [0.25, 0.3) is 0 Å². The van der Waals surface area contributed by atoms with Crippen LogP contribution in [0.15, 0.2) is 0 Å². The lowest BCUT2D eigenvalue weighted by Gasteiger charge is -2.00. The molecule has 0 aromatic heterocycles. The smallest absolute Gasteiger partial charge is 0.315 e. The summed E-state index contributed by atoms with van der Waals surface area (Å²) < 4.78 is 4.33. The van der Waals surface area contributed by atoms with Gasteiger partial charge in [-0.3, -0.25) is 4.79 Å². The average Bonchev–Trinajstić information content (AvgIpc) is 1.83. The Labute approximate surface area is 58.4 Å². The van der Waals surface area contributed by atoms with Gasteiger partial charge in [-0.15, -0.1) is 11.8 Å². The first-order valence-electron chi connectivity index (χ1n) is 2.53. The minimum absolute atomic E-state index is 0.216. The molecule has 1 atom stereocenters. The molecule has 0 aliphatic heterocycles. The Morgan fingerprint density at radius 2 is 2.44 bits per heavy atom. The van der Waals surface area contributed by atoms with E-state index in [0.717, 1.165) is 11.8 Å². The fraction of sp³-hybridized carbons (Fsp3) is 0.800. The van der Waals surface area contributed by atoms with Crippen molar-refractivity contribution in [2.45, 2.75) is 12.4 Å². The second kappa shape index (κ2) is 4.64. The van der Waals surface area contributed by atoms with Crippen LogP contribution >= 0.6 is 11.8 Å². The minimum atomic E-state index is -0.496. The predicted molar refractivity (Wildman–Crippen MR) is 36.2 cm³/mol. The quantitative estimate of drug-likeness (QED) is 0.462. The molecule has 54 valence electrons. The molecule has 0 aliphatic carbocycles. The number of aliphatic hydroxyl groups is 1. The van der Waals surface area contributed by atoms with Gasteiger partial charge in [0.1, 0.15) is 0 Å². The van der Waals surface area contributed by atoms with Gasteiger partial charge in [0.05, 0.1) is 18.3 Å². The van der Waals surface area contributed by atoms with Gasteiger partial charge in [0, 0.05) is 0 Å². The molecule has 1 unspecified atom stereocenters. The van der Waals surface area contributed by atoms with Crippen LogP contribution in [-0.2, 0) is 9.53 Å². The largest absolute Gasteiger partial charge is 0.468 e. The van der Waals surface area contributed by atoms with Crippen LogP contribution in [-0.4, -0.2) is 29.4 Å². The monoisotopic (exact) mass is 150 g/mol. The molecule has 0 rings (SSSR count). The van der Waals surface area contributed by atoms with E-state index >= 15 is 0 Å². The molecule has 0 bridgehead atoms. The van der Waals surface area contributed by atoms with Gasteiger partial charge in [-0.2, -0.15) is 0 Å². The van der Waals surface area contributed by atoms with Gasteiger partial charge in [-0.1, -0.05) is 0 Å². The Kier molecular flexibility index (Phi) is 4.53. The summed E-state index contributed by atoms with van der Waals surface area (Å²) in [5, 5.41) is 8.65. The van der Waals surface area contributed by atoms with Gasteiger partial charge in [-0.25, -0.2) is 0 Å². The van der Waals surface area contributed by atoms with E-state index in [2.05, 4.69) is 4.74 Å². The van der Waals surface area contributed by atoms with Crippen LogP contribution < -0.4 is 0 Å². The van der Waals surface area contributed by atoms with E-state index in [-0.39, 0.29) is 11.7 Å². The van der Waals surface area contributed by atoms with E-state index in [9.17, 15) is 4.79 Å². The highest BCUT2D eigenvalue weighted by Crippen LogP contribution is 2.05. The first-order valence-corrected chi connectivity index (χ1v) is 3.58. The second-order valence-electron chi connectivity index (χ2n) is 1.49. The summed E-state index contributed by atoms with van der Waals surface area (Å²) in [5.41, 5.74) is -0.496. The van der Waals surface area contributed by atoms with Crippen molar-refractivity contribution in [3.8, 4) is 0 Å². The fourth-order valence-corrected chi connectivity index (χ4v) is 0.743. The van der Waals surface area contributed by atoms with Crippen LogP contribution in [0.2, 0.25) is 0 Å². The first-order chi connectivity index (χ1) is 4.16. The molecule has 0 saturated heterocycles. The molecule has 9 heavy (non-hydrogen) atoms. The number of ether oxygens (including phenoxy) is 1. The predicted octanol–water partition coefficient (Wildman–Crippen LogP) is 0.231. The van der Waals surface area contributed by atoms with Crippen molar-refractivity contribution < 1.29 is 14.6 Å². The number of methoxy groups -OCH3 is 1. The van der Waals surface area contributed by atoms with Crippen molar-refractivity contribution in [2.24, 2.45) is 0 Å². The van der Waals surface area contributed by atoms with Crippen molar-refractivity contribution in [2.75, 3.05) is 12.9 Å². The van der Waals surface area contributed by atoms with E-state index < -0.39 is 5.44 Å². The van der Waals surface area contributed by atoms with Crippen LogP contribution in [0.1, 0.15) is 6.92 Å². The number of aliphatic hydroxyl groups excluding tert-OH is 1. The molecule has 1 N–H and O–H groups in total. The zero-order valence-corrected chi connectivity index (χ0v) is 6.27. The summed E-state index contributed by atoms with van der Waals surface area (Å²) in [7, 11) is 1.32. The first kappa shape index (κ1) is 8.78. The lowest BCUT2D eigenvalue weighted by molar-refractivity contribution is -0.137. The molecule has 0 aromatic carbocycles. The number of hydrogen-bond acceptors (Lipinski definition) is 4. The molecule has 0 saturated carbocycles. The van der Waals surface area contributed by atoms with E-state index in [4.69, 9.17) is 5.11 Å². The van der Waals surface area contributed by atoms with Gasteiger partial charge in [0.15, 0.2) is 0 Å². The summed E-state index contributed by atoms with van der Waals surface area (Å²) in [4.78, 5) is 10.4. The molecular formula is C5H10O3S. The van der Waals surface area contributed by atoms with Crippen molar-refractivity contribution in [3.63, 3.8) is 0 Å². The SMILES string of the molecule is COC(=O)CSC(C)O. The summed E-state index contributed by atoms with van der Waals surface area (Å²) in [5.74, 6) is -0.0883. The Hall–Kier alpha value is -0.220. The summed E-state index contributed by atoms with van der Waals surface area (Å²) >= 11 is 1.14. The summed E-state index contributed by atoms with van der Waals surface area (Å²) in [6.45, 7) is 1.60. The van der Waals surface area contributed by atoms with Gasteiger partial charge in [0.25, 0.3) is 0 Å². The van der Waals surface area contributed by atoms with E-state index in [1.165, 1.54) is 7.11 Å². The highest BCUT2D eigenvalue weighted by atomic mass is 32.2. The highest BCUT2D eigenvalue weighted by Gasteiger charge is 2.02.